The highest BCUT2D eigenvalue weighted by Crippen LogP contribution is 2.38. The number of imide groups is 1. The summed E-state index contributed by atoms with van der Waals surface area (Å²) in [7, 11) is 0. The molecule has 2 heterocycles. The number of benzene rings is 3. The van der Waals surface area contributed by atoms with Crippen LogP contribution in [0, 0.1) is 0 Å². The number of thioether (sulfide) groups is 1. The van der Waals surface area contributed by atoms with Gasteiger partial charge in [0.25, 0.3) is 11.1 Å². The topological polar surface area (TPSA) is 67.3 Å². The molecule has 0 radical (unpaired) electrons. The molecule has 1 aliphatic rings. The molecule has 5 rings (SSSR count). The van der Waals surface area contributed by atoms with Crippen LogP contribution in [-0.4, -0.2) is 31.8 Å². The Bertz CT molecular complexity index is 1380. The van der Waals surface area contributed by atoms with Crippen molar-refractivity contribution in [2.24, 2.45) is 0 Å². The number of pyridine rings is 1. The highest BCUT2D eigenvalue weighted by Gasteiger charge is 2.42. The fourth-order valence-corrected chi connectivity index (χ4v) is 5.30. The molecular weight excluding hydrogens is 488 g/mol. The van der Waals surface area contributed by atoms with E-state index in [-0.39, 0.29) is 10.7 Å². The average molecular weight is 503 g/mol. The van der Waals surface area contributed by atoms with E-state index in [9.17, 15) is 14.4 Å². The number of carbonyl (C=O) groups is 3. The van der Waals surface area contributed by atoms with Crippen LogP contribution in [0.5, 0.6) is 0 Å². The lowest BCUT2D eigenvalue weighted by molar-refractivity contribution is -0.122. The van der Waals surface area contributed by atoms with Gasteiger partial charge in [-0.15, -0.1) is 0 Å². The Morgan fingerprint density at radius 1 is 0.875 bits per heavy atom. The van der Waals surface area contributed by atoms with Crippen LogP contribution in [0.15, 0.2) is 83.8 Å². The summed E-state index contributed by atoms with van der Waals surface area (Å²) in [4.78, 5) is 43.6. The molecule has 0 saturated carbocycles. The quantitative estimate of drug-likeness (QED) is 0.112. The van der Waals surface area contributed by atoms with Gasteiger partial charge in [-0.05, 0) is 35.5 Å². The van der Waals surface area contributed by atoms with Crippen LogP contribution in [0.3, 0.4) is 0 Å². The Morgan fingerprint density at radius 2 is 1.44 bits per heavy atom. The molecule has 1 fully saturated rings. The zero-order valence-electron chi connectivity index (χ0n) is 16.6. The number of hydrogen-bond acceptors (Lipinski definition) is 5. The Balaban J connectivity index is 1.57. The van der Waals surface area contributed by atoms with Crippen molar-refractivity contribution in [1.82, 2.24) is 9.88 Å². The van der Waals surface area contributed by atoms with Crippen LogP contribution >= 0.6 is 27.7 Å². The Kier molecular flexibility index (Phi) is 5.36. The molecule has 1 aliphatic heterocycles. The minimum Gasteiger partial charge on any atom is -0.291 e. The highest BCUT2D eigenvalue weighted by molar-refractivity contribution is 9.10. The molecule has 5 nitrogen and oxygen atoms in total. The normalized spacial score (nSPS) is 16.3. The summed E-state index contributed by atoms with van der Waals surface area (Å²) >= 11 is 4.09. The minimum atomic E-state index is -1.07. The molecule has 3 aromatic carbocycles. The van der Waals surface area contributed by atoms with Gasteiger partial charge in [0.05, 0.1) is 15.9 Å². The van der Waals surface area contributed by atoms with Crippen molar-refractivity contribution in [3.63, 3.8) is 0 Å². The molecule has 2 amide bonds. The monoisotopic (exact) mass is 502 g/mol. The third-order valence-corrected chi connectivity index (χ3v) is 6.94. The molecular formula is C25H15BrN2O3S. The van der Waals surface area contributed by atoms with E-state index in [4.69, 9.17) is 4.98 Å². The lowest BCUT2D eigenvalue weighted by atomic mass is 10.0. The van der Waals surface area contributed by atoms with Crippen LogP contribution in [0.1, 0.15) is 15.9 Å². The number of hydrogen-bond donors (Lipinski definition) is 0. The second kappa shape index (κ2) is 8.33. The number of ketones is 1. The third kappa shape index (κ3) is 3.53. The van der Waals surface area contributed by atoms with Crippen molar-refractivity contribution in [2.75, 3.05) is 0 Å². The van der Waals surface area contributed by atoms with Gasteiger partial charge in [-0.3, -0.25) is 14.4 Å². The Morgan fingerprint density at radius 3 is 2.06 bits per heavy atom. The summed E-state index contributed by atoms with van der Waals surface area (Å²) in [5.41, 5.74) is 2.84. The molecule has 0 bridgehead atoms. The molecule has 1 atom stereocenters. The number of carbonyl (C=O) groups excluding carboxylic acids is 3. The fourth-order valence-electron chi connectivity index (χ4n) is 3.69. The first kappa shape index (κ1) is 20.6. The zero-order chi connectivity index (χ0) is 22.2. The number of aromatic nitrogens is 1. The van der Waals surface area contributed by atoms with Gasteiger partial charge >= 0.3 is 0 Å². The third-order valence-electron chi connectivity index (χ3n) is 5.23. The lowest BCUT2D eigenvalue weighted by Gasteiger charge is -2.18. The summed E-state index contributed by atoms with van der Waals surface area (Å²) in [5.74, 6) is -0.856. The number of fused-ring (bicyclic) bond motifs is 2. The Hall–Kier alpha value is -3.29. The lowest BCUT2D eigenvalue weighted by Crippen LogP contribution is -2.39. The van der Waals surface area contributed by atoms with E-state index in [0.29, 0.717) is 5.56 Å². The first-order valence-corrected chi connectivity index (χ1v) is 11.6. The number of alkyl halides is 1. The predicted molar refractivity (Wildman–Crippen MR) is 131 cm³/mol. The van der Waals surface area contributed by atoms with Gasteiger partial charge in [-0.2, -0.15) is 0 Å². The molecule has 1 unspecified atom stereocenters. The van der Waals surface area contributed by atoms with Crippen LogP contribution in [0.25, 0.3) is 27.9 Å². The standard InChI is InChI=1S/C25H15BrN2O3S/c26-23(22(29)15-8-2-1-3-9-15)28-24(30)21(32-25(28)31)14-18-16-10-4-6-12-19(16)27-20-13-7-5-11-17(18)20/h1-14,23H. The van der Waals surface area contributed by atoms with Crippen LogP contribution in [0.2, 0.25) is 0 Å². The SMILES string of the molecule is O=C(c1ccccc1)C(Br)N1C(=O)SC(=Cc2c3ccccc3nc3ccccc23)C1=O. The summed E-state index contributed by atoms with van der Waals surface area (Å²) in [6.07, 6.45) is 1.73. The van der Waals surface area contributed by atoms with Crippen molar-refractivity contribution in [2.45, 2.75) is 4.95 Å². The molecule has 4 aromatic rings. The molecule has 1 saturated heterocycles. The van der Waals surface area contributed by atoms with Gasteiger partial charge in [-0.25, -0.2) is 9.88 Å². The molecule has 0 spiro atoms. The van der Waals surface area contributed by atoms with Crippen molar-refractivity contribution in [3.8, 4) is 0 Å². The van der Waals surface area contributed by atoms with Gasteiger partial charge in [0.1, 0.15) is 0 Å². The summed E-state index contributed by atoms with van der Waals surface area (Å²) in [6.45, 7) is 0. The smallest absolute Gasteiger partial charge is 0.291 e. The van der Waals surface area contributed by atoms with Crippen molar-refractivity contribution in [1.29, 1.82) is 0 Å². The van der Waals surface area contributed by atoms with Crippen molar-refractivity contribution in [3.05, 3.63) is 94.9 Å². The van der Waals surface area contributed by atoms with Gasteiger partial charge in [0.15, 0.2) is 10.7 Å². The number of amides is 2. The zero-order valence-corrected chi connectivity index (χ0v) is 19.0. The maximum atomic E-state index is 13.2. The van der Waals surface area contributed by atoms with Crippen LogP contribution < -0.4 is 0 Å². The second-order valence-electron chi connectivity index (χ2n) is 7.18. The largest absolute Gasteiger partial charge is 0.294 e. The molecule has 32 heavy (non-hydrogen) atoms. The molecule has 156 valence electrons. The van der Waals surface area contributed by atoms with E-state index in [1.54, 1.807) is 36.4 Å². The highest BCUT2D eigenvalue weighted by atomic mass is 79.9. The van der Waals surface area contributed by atoms with E-state index in [1.165, 1.54) is 0 Å². The minimum absolute atomic E-state index is 0.266. The summed E-state index contributed by atoms with van der Waals surface area (Å²) < 4.78 is 0. The number of halogens is 1. The van der Waals surface area contributed by atoms with E-state index in [1.807, 2.05) is 48.5 Å². The number of nitrogens with zero attached hydrogens (tertiary/aromatic N) is 2. The molecule has 7 heteroatoms. The van der Waals surface area contributed by atoms with E-state index < -0.39 is 16.1 Å². The Labute approximate surface area is 196 Å². The maximum Gasteiger partial charge on any atom is 0.294 e. The molecule has 1 aromatic heterocycles. The number of para-hydroxylation sites is 2. The van der Waals surface area contributed by atoms with Crippen LogP contribution in [-0.2, 0) is 4.79 Å². The van der Waals surface area contributed by atoms with Gasteiger partial charge in [-0.1, -0.05) is 82.7 Å². The average Bonchev–Trinajstić information content (AvgIpc) is 3.11. The van der Waals surface area contributed by atoms with Crippen molar-refractivity contribution >= 4 is 72.5 Å². The summed E-state index contributed by atoms with van der Waals surface area (Å²) in [5, 5.41) is 1.28. The predicted octanol–water partition coefficient (Wildman–Crippen LogP) is 6.03. The van der Waals surface area contributed by atoms with Gasteiger partial charge < -0.3 is 0 Å². The molecule has 0 N–H and O–H groups in total. The van der Waals surface area contributed by atoms with Crippen LogP contribution in [0.4, 0.5) is 4.79 Å². The number of Topliss-reactive ketones (excluding diaryl/α,β-unsaturated/α-hetero) is 1. The van der Waals surface area contributed by atoms with E-state index in [0.717, 1.165) is 44.0 Å². The molecule has 0 aliphatic carbocycles. The second-order valence-corrected chi connectivity index (χ2v) is 9.04. The van der Waals surface area contributed by atoms with E-state index in [2.05, 4.69) is 15.9 Å². The van der Waals surface area contributed by atoms with Gasteiger partial charge in [0.2, 0.25) is 0 Å². The summed E-state index contributed by atoms with van der Waals surface area (Å²) in [6, 6.07) is 23.9. The maximum absolute atomic E-state index is 13.2. The van der Waals surface area contributed by atoms with Crippen molar-refractivity contribution < 1.29 is 14.4 Å². The first-order chi connectivity index (χ1) is 15.5. The number of rotatable bonds is 4. The van der Waals surface area contributed by atoms with Gasteiger partial charge in [0, 0.05) is 16.3 Å². The fraction of sp³-hybridized carbons (Fsp3) is 0.0400. The first-order valence-electron chi connectivity index (χ1n) is 9.82. The van der Waals surface area contributed by atoms with E-state index >= 15 is 0 Å².